The molecule has 0 saturated carbocycles. The average molecular weight is 315 g/mol. The van der Waals surface area contributed by atoms with Gasteiger partial charge < -0.3 is 5.32 Å². The molecule has 2 rings (SSSR count). The molecule has 0 unspecified atom stereocenters. The summed E-state index contributed by atoms with van der Waals surface area (Å²) in [5.74, 6) is 0. The number of anilines is 1. The van der Waals surface area contributed by atoms with E-state index < -0.39 is 0 Å². The maximum absolute atomic E-state index is 6.22. The molecule has 1 N–H and O–H groups in total. The predicted octanol–water partition coefficient (Wildman–Crippen LogP) is 5.36. The summed E-state index contributed by atoms with van der Waals surface area (Å²) in [5, 5.41) is 4.06. The van der Waals surface area contributed by atoms with Crippen LogP contribution in [0.1, 0.15) is 31.2 Å². The van der Waals surface area contributed by atoms with E-state index in [1.807, 2.05) is 6.07 Å². The van der Waals surface area contributed by atoms with Gasteiger partial charge in [-0.1, -0.05) is 50.0 Å². The van der Waals surface area contributed by atoms with E-state index in [2.05, 4.69) is 43.2 Å². The predicted molar refractivity (Wildman–Crippen MR) is 84.6 cm³/mol. The van der Waals surface area contributed by atoms with Crippen molar-refractivity contribution in [3.05, 3.63) is 44.3 Å². The van der Waals surface area contributed by atoms with Crippen LogP contribution in [-0.4, -0.2) is 4.98 Å². The lowest BCUT2D eigenvalue weighted by molar-refractivity contribution is 0.590. The van der Waals surface area contributed by atoms with Gasteiger partial charge in [-0.05, 0) is 23.1 Å². The van der Waals surface area contributed by atoms with Crippen LogP contribution in [0.2, 0.25) is 9.49 Å². The number of rotatable bonds is 3. The van der Waals surface area contributed by atoms with Crippen LogP contribution in [0.25, 0.3) is 0 Å². The SMILES string of the molecule is CC(C)(C)c1ccc(Cl)c(NCc2cnc(Cl)s2)c1. The maximum atomic E-state index is 6.22. The highest BCUT2D eigenvalue weighted by atomic mass is 35.5. The molecule has 0 bridgehead atoms. The van der Waals surface area contributed by atoms with Gasteiger partial charge >= 0.3 is 0 Å². The third-order valence-electron chi connectivity index (χ3n) is 2.81. The first-order valence-corrected chi connectivity index (χ1v) is 7.57. The Hall–Kier alpha value is -0.770. The fourth-order valence-electron chi connectivity index (χ4n) is 1.67. The topological polar surface area (TPSA) is 24.9 Å². The molecule has 1 aromatic carbocycles. The first-order chi connectivity index (χ1) is 8.86. The van der Waals surface area contributed by atoms with Crippen molar-refractivity contribution in [3.8, 4) is 0 Å². The van der Waals surface area contributed by atoms with Crippen LogP contribution in [0, 0.1) is 0 Å². The molecule has 1 aromatic heterocycles. The van der Waals surface area contributed by atoms with Crippen LogP contribution in [0.4, 0.5) is 5.69 Å². The largest absolute Gasteiger partial charge is 0.379 e. The standard InChI is InChI=1S/C14H16Cl2N2S/c1-14(2,3)9-4-5-11(15)12(6-9)17-7-10-8-18-13(16)19-10/h4-6,8,17H,7H2,1-3H3. The molecule has 1 heterocycles. The number of benzene rings is 1. The van der Waals surface area contributed by atoms with E-state index in [1.54, 1.807) is 6.20 Å². The zero-order valence-corrected chi connectivity index (χ0v) is 13.5. The molecule has 0 aliphatic heterocycles. The summed E-state index contributed by atoms with van der Waals surface area (Å²) in [4.78, 5) is 5.10. The summed E-state index contributed by atoms with van der Waals surface area (Å²) < 4.78 is 0.561. The van der Waals surface area contributed by atoms with Crippen molar-refractivity contribution in [2.45, 2.75) is 32.7 Å². The van der Waals surface area contributed by atoms with Gasteiger partial charge in [-0.25, -0.2) is 4.98 Å². The van der Waals surface area contributed by atoms with Crippen LogP contribution in [-0.2, 0) is 12.0 Å². The Bertz CT molecular complexity index is 573. The van der Waals surface area contributed by atoms with Crippen molar-refractivity contribution in [3.63, 3.8) is 0 Å². The lowest BCUT2D eigenvalue weighted by Gasteiger charge is -2.20. The lowest BCUT2D eigenvalue weighted by Crippen LogP contribution is -2.11. The zero-order chi connectivity index (χ0) is 14.0. The normalized spacial score (nSPS) is 11.6. The number of aromatic nitrogens is 1. The molecule has 0 aliphatic rings. The minimum absolute atomic E-state index is 0.106. The zero-order valence-electron chi connectivity index (χ0n) is 11.1. The quantitative estimate of drug-likeness (QED) is 0.825. The summed E-state index contributed by atoms with van der Waals surface area (Å²) in [6, 6.07) is 6.10. The van der Waals surface area contributed by atoms with Crippen molar-refractivity contribution in [2.75, 3.05) is 5.32 Å². The van der Waals surface area contributed by atoms with Gasteiger partial charge in [0, 0.05) is 11.1 Å². The summed E-state index contributed by atoms with van der Waals surface area (Å²) in [6.07, 6.45) is 1.78. The first-order valence-electron chi connectivity index (χ1n) is 6.00. The number of halogens is 2. The van der Waals surface area contributed by atoms with Gasteiger partial charge in [-0.3, -0.25) is 0 Å². The highest BCUT2D eigenvalue weighted by Crippen LogP contribution is 2.30. The Morgan fingerprint density at radius 1 is 1.26 bits per heavy atom. The molecule has 0 spiro atoms. The molecule has 2 aromatic rings. The molecule has 2 nitrogen and oxygen atoms in total. The number of nitrogens with one attached hydrogen (secondary N) is 1. The van der Waals surface area contributed by atoms with Crippen LogP contribution >= 0.6 is 34.5 Å². The number of nitrogens with zero attached hydrogens (tertiary/aromatic N) is 1. The summed E-state index contributed by atoms with van der Waals surface area (Å²) in [6.45, 7) is 7.23. The highest BCUT2D eigenvalue weighted by Gasteiger charge is 2.15. The van der Waals surface area contributed by atoms with E-state index in [-0.39, 0.29) is 5.41 Å². The molecule has 0 amide bonds. The second-order valence-electron chi connectivity index (χ2n) is 5.38. The second-order valence-corrected chi connectivity index (χ2v) is 7.48. The molecule has 0 atom stereocenters. The van der Waals surface area contributed by atoms with Crippen LogP contribution in [0.3, 0.4) is 0 Å². The Morgan fingerprint density at radius 2 is 2.00 bits per heavy atom. The molecular weight excluding hydrogens is 299 g/mol. The second kappa shape index (κ2) is 5.70. The summed E-state index contributed by atoms with van der Waals surface area (Å²) >= 11 is 13.5. The van der Waals surface area contributed by atoms with Crippen LogP contribution < -0.4 is 5.32 Å². The van der Waals surface area contributed by atoms with Crippen molar-refractivity contribution < 1.29 is 0 Å². The average Bonchev–Trinajstić information content (AvgIpc) is 2.72. The van der Waals surface area contributed by atoms with Crippen molar-refractivity contribution in [1.82, 2.24) is 4.98 Å². The van der Waals surface area contributed by atoms with E-state index in [9.17, 15) is 0 Å². The monoisotopic (exact) mass is 314 g/mol. The van der Waals surface area contributed by atoms with Gasteiger partial charge in [0.1, 0.15) is 0 Å². The molecule has 0 saturated heterocycles. The van der Waals surface area contributed by atoms with E-state index in [0.717, 1.165) is 15.6 Å². The fraction of sp³-hybridized carbons (Fsp3) is 0.357. The maximum Gasteiger partial charge on any atom is 0.183 e. The smallest absolute Gasteiger partial charge is 0.183 e. The van der Waals surface area contributed by atoms with Gasteiger partial charge in [-0.2, -0.15) is 0 Å². The van der Waals surface area contributed by atoms with E-state index in [4.69, 9.17) is 23.2 Å². The molecule has 0 aliphatic carbocycles. The Kier molecular flexibility index (Phi) is 4.39. The molecule has 0 fully saturated rings. The van der Waals surface area contributed by atoms with E-state index in [0.29, 0.717) is 11.0 Å². The Balaban J connectivity index is 2.15. The third kappa shape index (κ3) is 3.85. The summed E-state index contributed by atoms with van der Waals surface area (Å²) in [5.41, 5.74) is 2.30. The number of hydrogen-bond donors (Lipinski definition) is 1. The number of hydrogen-bond acceptors (Lipinski definition) is 3. The van der Waals surface area contributed by atoms with Crippen molar-refractivity contribution >= 4 is 40.2 Å². The molecule has 102 valence electrons. The number of thiazole rings is 1. The minimum Gasteiger partial charge on any atom is -0.379 e. The van der Waals surface area contributed by atoms with Crippen molar-refractivity contribution in [2.24, 2.45) is 0 Å². The lowest BCUT2D eigenvalue weighted by atomic mass is 9.87. The fourth-order valence-corrected chi connectivity index (χ4v) is 2.78. The Morgan fingerprint density at radius 3 is 2.58 bits per heavy atom. The van der Waals surface area contributed by atoms with E-state index >= 15 is 0 Å². The van der Waals surface area contributed by atoms with Gasteiger partial charge in [0.05, 0.1) is 17.3 Å². The van der Waals surface area contributed by atoms with Crippen LogP contribution in [0.5, 0.6) is 0 Å². The first kappa shape index (κ1) is 14.6. The Labute approximate surface area is 127 Å². The third-order valence-corrected chi connectivity index (χ3v) is 4.26. The molecular formula is C14H16Cl2N2S. The van der Waals surface area contributed by atoms with Crippen LogP contribution in [0.15, 0.2) is 24.4 Å². The highest BCUT2D eigenvalue weighted by molar-refractivity contribution is 7.15. The van der Waals surface area contributed by atoms with Gasteiger partial charge in [0.2, 0.25) is 0 Å². The molecule has 5 heteroatoms. The molecule has 0 radical (unpaired) electrons. The van der Waals surface area contributed by atoms with Gasteiger partial charge in [0.25, 0.3) is 0 Å². The summed E-state index contributed by atoms with van der Waals surface area (Å²) in [7, 11) is 0. The van der Waals surface area contributed by atoms with Gasteiger partial charge in [0.15, 0.2) is 4.47 Å². The van der Waals surface area contributed by atoms with Crippen molar-refractivity contribution in [1.29, 1.82) is 0 Å². The van der Waals surface area contributed by atoms with Gasteiger partial charge in [-0.15, -0.1) is 11.3 Å². The molecule has 19 heavy (non-hydrogen) atoms. The van der Waals surface area contributed by atoms with E-state index in [1.165, 1.54) is 16.9 Å². The minimum atomic E-state index is 0.106.